The lowest BCUT2D eigenvalue weighted by Crippen LogP contribution is -1.97. The van der Waals surface area contributed by atoms with Gasteiger partial charge in [0.2, 0.25) is 11.1 Å². The van der Waals surface area contributed by atoms with Crippen molar-refractivity contribution in [3.05, 3.63) is 41.4 Å². The van der Waals surface area contributed by atoms with Gasteiger partial charge in [-0.25, -0.2) is 0 Å². The van der Waals surface area contributed by atoms with Gasteiger partial charge in [-0.05, 0) is 38.5 Å². The zero-order chi connectivity index (χ0) is 16.7. The van der Waals surface area contributed by atoms with Gasteiger partial charge in [0.25, 0.3) is 0 Å². The average Bonchev–Trinajstić information content (AvgIpc) is 2.57. The summed E-state index contributed by atoms with van der Waals surface area (Å²) in [5.41, 5.74) is 2.21. The van der Waals surface area contributed by atoms with E-state index in [2.05, 4.69) is 4.98 Å². The van der Waals surface area contributed by atoms with E-state index in [0.29, 0.717) is 37.0 Å². The predicted molar refractivity (Wildman–Crippen MR) is 90.1 cm³/mol. The molecule has 2 aromatic rings. The Kier molecular flexibility index (Phi) is 5.81. The van der Waals surface area contributed by atoms with Crippen molar-refractivity contribution in [1.29, 1.82) is 5.39 Å². The largest absolute Gasteiger partial charge is 0.494 e. The molecule has 0 saturated heterocycles. The molecule has 2 aromatic carbocycles. The van der Waals surface area contributed by atoms with Crippen molar-refractivity contribution in [2.75, 3.05) is 19.8 Å². The van der Waals surface area contributed by atoms with Crippen LogP contribution in [0.5, 0.6) is 17.2 Å². The number of diazo groups is 1. The standard InChI is InChI=1S/C18H21N2O3/c1-4-21-14-9-7-13(8-10-14)15-11-18(23-6-3)16(20-19)12-17(15)22-5-2/h7-12H,4-6H2,1-3H3/q+1. The highest BCUT2D eigenvalue weighted by Crippen LogP contribution is 2.40. The first-order valence-electron chi connectivity index (χ1n) is 7.75. The number of nitrogens with zero attached hydrogens (tertiary/aromatic N) is 2. The molecule has 2 rings (SSSR count). The average molecular weight is 313 g/mol. The van der Waals surface area contributed by atoms with Gasteiger partial charge >= 0.3 is 5.69 Å². The monoisotopic (exact) mass is 313 g/mol. The van der Waals surface area contributed by atoms with Crippen molar-refractivity contribution in [1.82, 2.24) is 0 Å². The van der Waals surface area contributed by atoms with Crippen molar-refractivity contribution in [3.8, 4) is 28.4 Å². The van der Waals surface area contributed by atoms with Crippen LogP contribution >= 0.6 is 0 Å². The van der Waals surface area contributed by atoms with Gasteiger partial charge in [-0.3, -0.25) is 0 Å². The van der Waals surface area contributed by atoms with Crippen LogP contribution in [-0.4, -0.2) is 19.8 Å². The smallest absolute Gasteiger partial charge is 0.430 e. The van der Waals surface area contributed by atoms with E-state index in [-0.39, 0.29) is 0 Å². The highest BCUT2D eigenvalue weighted by Gasteiger charge is 2.21. The summed E-state index contributed by atoms with van der Waals surface area (Å²) < 4.78 is 16.7. The van der Waals surface area contributed by atoms with Gasteiger partial charge in [0.1, 0.15) is 11.5 Å². The third-order valence-electron chi connectivity index (χ3n) is 3.24. The van der Waals surface area contributed by atoms with Gasteiger partial charge in [0.15, 0.2) is 4.98 Å². The number of ether oxygens (including phenoxy) is 3. The second kappa shape index (κ2) is 8.04. The molecular formula is C18H21N2O3+. The molecule has 0 aromatic heterocycles. The summed E-state index contributed by atoms with van der Waals surface area (Å²) in [6, 6.07) is 11.3. The fraction of sp³-hybridized carbons (Fsp3) is 0.333. The minimum absolute atomic E-state index is 0.352. The molecule has 0 bridgehead atoms. The quantitative estimate of drug-likeness (QED) is 0.672. The normalized spacial score (nSPS) is 10.0. The lowest BCUT2D eigenvalue weighted by atomic mass is 10.0. The van der Waals surface area contributed by atoms with Crippen LogP contribution in [0, 0.1) is 5.39 Å². The molecule has 0 N–H and O–H groups in total. The molecule has 0 unspecified atom stereocenters. The van der Waals surface area contributed by atoms with Gasteiger partial charge in [-0.2, -0.15) is 0 Å². The Morgan fingerprint density at radius 1 is 0.826 bits per heavy atom. The van der Waals surface area contributed by atoms with Crippen LogP contribution in [0.1, 0.15) is 20.8 Å². The van der Waals surface area contributed by atoms with E-state index < -0.39 is 0 Å². The molecule has 0 saturated carbocycles. The summed E-state index contributed by atoms with van der Waals surface area (Å²) in [5.74, 6) is 1.98. The summed E-state index contributed by atoms with van der Waals surface area (Å²) in [6.45, 7) is 7.38. The Hall–Kier alpha value is -2.74. The maximum absolute atomic E-state index is 9.17. The molecule has 120 valence electrons. The first-order chi connectivity index (χ1) is 11.2. The number of hydrogen-bond donors (Lipinski definition) is 0. The maximum Gasteiger partial charge on any atom is 0.430 e. The Labute approximate surface area is 136 Å². The minimum Gasteiger partial charge on any atom is -0.494 e. The Morgan fingerprint density at radius 3 is 2.00 bits per heavy atom. The molecule has 0 radical (unpaired) electrons. The van der Waals surface area contributed by atoms with Crippen LogP contribution in [0.3, 0.4) is 0 Å². The van der Waals surface area contributed by atoms with Crippen molar-refractivity contribution in [3.63, 3.8) is 0 Å². The zero-order valence-corrected chi connectivity index (χ0v) is 13.7. The first-order valence-corrected chi connectivity index (χ1v) is 7.75. The highest BCUT2D eigenvalue weighted by molar-refractivity contribution is 5.78. The van der Waals surface area contributed by atoms with E-state index in [9.17, 15) is 0 Å². The molecule has 0 heterocycles. The Bertz CT molecular complexity index is 691. The highest BCUT2D eigenvalue weighted by atomic mass is 16.5. The molecule has 5 heteroatoms. The Balaban J connectivity index is 2.49. The van der Waals surface area contributed by atoms with E-state index in [1.54, 1.807) is 6.07 Å². The summed E-state index contributed by atoms with van der Waals surface area (Å²) in [5, 5.41) is 9.17. The predicted octanol–water partition coefficient (Wildman–Crippen LogP) is 5.03. The molecule has 0 amide bonds. The molecule has 0 fully saturated rings. The van der Waals surface area contributed by atoms with Crippen LogP contribution in [0.2, 0.25) is 0 Å². The Morgan fingerprint density at radius 2 is 1.43 bits per heavy atom. The molecule has 23 heavy (non-hydrogen) atoms. The van der Waals surface area contributed by atoms with Crippen molar-refractivity contribution in [2.24, 2.45) is 0 Å². The van der Waals surface area contributed by atoms with Crippen LogP contribution in [0.4, 0.5) is 5.69 Å². The van der Waals surface area contributed by atoms with Crippen molar-refractivity contribution < 1.29 is 14.2 Å². The van der Waals surface area contributed by atoms with Gasteiger partial charge in [0, 0.05) is 11.6 Å². The van der Waals surface area contributed by atoms with Crippen LogP contribution in [0.15, 0.2) is 36.4 Å². The number of rotatable bonds is 7. The first kappa shape index (κ1) is 16.6. The number of benzene rings is 2. The summed E-state index contributed by atoms with van der Waals surface area (Å²) in [4.78, 5) is 3.28. The van der Waals surface area contributed by atoms with Gasteiger partial charge < -0.3 is 14.2 Å². The summed E-state index contributed by atoms with van der Waals surface area (Å²) >= 11 is 0. The second-order valence-corrected chi connectivity index (χ2v) is 4.74. The lowest BCUT2D eigenvalue weighted by Gasteiger charge is -2.12. The minimum atomic E-state index is 0.352. The molecule has 5 nitrogen and oxygen atoms in total. The maximum atomic E-state index is 9.17. The van der Waals surface area contributed by atoms with E-state index >= 15 is 0 Å². The van der Waals surface area contributed by atoms with Gasteiger partial charge in [-0.1, -0.05) is 12.1 Å². The molecule has 0 aliphatic heterocycles. The molecule has 0 spiro atoms. The third-order valence-corrected chi connectivity index (χ3v) is 3.24. The topological polar surface area (TPSA) is 55.8 Å². The van der Waals surface area contributed by atoms with Crippen LogP contribution in [0.25, 0.3) is 16.1 Å². The number of hydrogen-bond acceptors (Lipinski definition) is 4. The van der Waals surface area contributed by atoms with Gasteiger partial charge in [0.05, 0.1) is 25.9 Å². The van der Waals surface area contributed by atoms with Crippen molar-refractivity contribution >= 4 is 5.69 Å². The summed E-state index contributed by atoms with van der Waals surface area (Å²) in [6.07, 6.45) is 0. The second-order valence-electron chi connectivity index (χ2n) is 4.74. The van der Waals surface area contributed by atoms with Crippen LogP contribution < -0.4 is 14.2 Å². The fourth-order valence-corrected chi connectivity index (χ4v) is 2.30. The zero-order valence-electron chi connectivity index (χ0n) is 13.7. The van der Waals surface area contributed by atoms with Crippen LogP contribution in [-0.2, 0) is 0 Å². The van der Waals surface area contributed by atoms with E-state index in [1.165, 1.54) is 0 Å². The SMILES string of the molecule is CCOc1ccc(-c2cc(OCC)c([N+]#N)cc2OCC)cc1. The van der Waals surface area contributed by atoms with Crippen molar-refractivity contribution in [2.45, 2.75) is 20.8 Å². The molecule has 0 atom stereocenters. The van der Waals surface area contributed by atoms with E-state index in [4.69, 9.17) is 19.6 Å². The van der Waals surface area contributed by atoms with E-state index in [1.807, 2.05) is 51.1 Å². The summed E-state index contributed by atoms with van der Waals surface area (Å²) in [7, 11) is 0. The van der Waals surface area contributed by atoms with Gasteiger partial charge in [-0.15, -0.1) is 0 Å². The lowest BCUT2D eigenvalue weighted by molar-refractivity contribution is 0.333. The fourth-order valence-electron chi connectivity index (χ4n) is 2.30. The van der Waals surface area contributed by atoms with E-state index in [0.717, 1.165) is 16.9 Å². The molecule has 0 aliphatic carbocycles. The molecule has 0 aliphatic rings. The third kappa shape index (κ3) is 3.92. The molecular weight excluding hydrogens is 292 g/mol.